The van der Waals surface area contributed by atoms with Crippen LogP contribution in [0.25, 0.3) is 16.6 Å². The molecule has 6 nitrogen and oxygen atoms in total. The van der Waals surface area contributed by atoms with E-state index in [0.29, 0.717) is 34.0 Å². The third kappa shape index (κ3) is 4.80. The predicted octanol–water partition coefficient (Wildman–Crippen LogP) is 6.66. The highest BCUT2D eigenvalue weighted by atomic mass is 35.5. The van der Waals surface area contributed by atoms with Crippen LogP contribution in [0.3, 0.4) is 0 Å². The Morgan fingerprint density at radius 3 is 2.37 bits per heavy atom. The van der Waals surface area contributed by atoms with Crippen LogP contribution in [-0.4, -0.2) is 27.0 Å². The molecule has 1 unspecified atom stereocenters. The molecular formula is C28H29ClN4O2. The van der Waals surface area contributed by atoms with Crippen LogP contribution in [0.2, 0.25) is 5.02 Å². The maximum absolute atomic E-state index is 13.7. The third-order valence-electron chi connectivity index (χ3n) is 6.17. The van der Waals surface area contributed by atoms with E-state index in [1.807, 2.05) is 76.2 Å². The Kier molecular flexibility index (Phi) is 7.22. The summed E-state index contributed by atoms with van der Waals surface area (Å²) in [5.41, 5.74) is 3.65. The van der Waals surface area contributed by atoms with Gasteiger partial charge in [-0.1, -0.05) is 61.0 Å². The lowest BCUT2D eigenvalue weighted by molar-refractivity contribution is 0.189. The van der Waals surface area contributed by atoms with Crippen molar-refractivity contribution >= 4 is 34.2 Å². The van der Waals surface area contributed by atoms with Gasteiger partial charge in [0.25, 0.3) is 5.56 Å². The number of hydrogen-bond donors (Lipinski definition) is 1. The molecule has 2 amide bonds. The van der Waals surface area contributed by atoms with Crippen LogP contribution < -0.4 is 10.9 Å². The minimum absolute atomic E-state index is 0.225. The number of anilines is 1. The Morgan fingerprint density at radius 2 is 1.69 bits per heavy atom. The second-order valence-electron chi connectivity index (χ2n) is 8.65. The number of fused-ring (bicyclic) bond motifs is 1. The fourth-order valence-electron chi connectivity index (χ4n) is 4.34. The van der Waals surface area contributed by atoms with Crippen molar-refractivity contribution in [3.05, 3.63) is 99.1 Å². The van der Waals surface area contributed by atoms with Crippen LogP contribution in [0.1, 0.15) is 43.3 Å². The molecule has 7 heteroatoms. The third-order valence-corrected chi connectivity index (χ3v) is 6.49. The van der Waals surface area contributed by atoms with Gasteiger partial charge in [-0.3, -0.25) is 9.36 Å². The lowest BCUT2D eigenvalue weighted by atomic mass is 10.1. The number of aromatic nitrogens is 2. The number of rotatable bonds is 6. The van der Waals surface area contributed by atoms with Crippen molar-refractivity contribution in [2.45, 2.75) is 40.2 Å². The molecule has 0 aliphatic carbocycles. The van der Waals surface area contributed by atoms with E-state index in [0.717, 1.165) is 23.2 Å². The normalized spacial score (nSPS) is 11.9. The molecule has 0 aliphatic rings. The number of carbonyl (C=O) groups excluding carboxylic acids is 1. The molecule has 0 fully saturated rings. The van der Waals surface area contributed by atoms with Crippen LogP contribution in [0, 0.1) is 13.8 Å². The molecule has 180 valence electrons. The summed E-state index contributed by atoms with van der Waals surface area (Å²) in [5.74, 6) is 0.451. The fraction of sp³-hybridized carbons (Fsp3) is 0.250. The summed E-state index contributed by atoms with van der Waals surface area (Å²) >= 11 is 6.52. The molecule has 1 heterocycles. The molecule has 3 aromatic carbocycles. The van der Waals surface area contributed by atoms with Gasteiger partial charge in [-0.05, 0) is 62.6 Å². The molecule has 0 aliphatic heterocycles. The largest absolute Gasteiger partial charge is 0.322 e. The van der Waals surface area contributed by atoms with Gasteiger partial charge in [0.2, 0.25) is 0 Å². The fourth-order valence-corrected chi connectivity index (χ4v) is 4.56. The minimum atomic E-state index is -0.507. The molecule has 0 saturated heterocycles. The SMILES string of the molecule is CCCN(C(=O)Nc1c(C)cccc1C)C(C)c1nc2ccccc2c(=O)n1-c1ccccc1Cl. The Labute approximate surface area is 210 Å². The van der Waals surface area contributed by atoms with Crippen molar-refractivity contribution in [2.24, 2.45) is 0 Å². The van der Waals surface area contributed by atoms with E-state index in [2.05, 4.69) is 5.32 Å². The highest BCUT2D eigenvalue weighted by Crippen LogP contribution is 2.28. The van der Waals surface area contributed by atoms with Gasteiger partial charge in [0.05, 0.1) is 27.7 Å². The lowest BCUT2D eigenvalue weighted by Crippen LogP contribution is -2.40. The standard InChI is InChI=1S/C28H29ClN4O2/c1-5-17-32(28(35)31-25-18(2)11-10-12-19(25)3)20(4)26-30-23-15-8-6-13-21(23)27(34)33(26)24-16-9-7-14-22(24)29/h6-16,20H,5,17H2,1-4H3,(H,31,35). The number of nitrogens with one attached hydrogen (secondary N) is 1. The van der Waals surface area contributed by atoms with Gasteiger partial charge in [0.15, 0.2) is 0 Å². The highest BCUT2D eigenvalue weighted by Gasteiger charge is 2.27. The zero-order valence-electron chi connectivity index (χ0n) is 20.4. The molecule has 1 N–H and O–H groups in total. The average molecular weight is 489 g/mol. The summed E-state index contributed by atoms with van der Waals surface area (Å²) in [4.78, 5) is 33.8. The smallest absolute Gasteiger partial charge is 0.315 e. The highest BCUT2D eigenvalue weighted by molar-refractivity contribution is 6.32. The minimum Gasteiger partial charge on any atom is -0.315 e. The maximum Gasteiger partial charge on any atom is 0.322 e. The van der Waals surface area contributed by atoms with E-state index < -0.39 is 6.04 Å². The Bertz CT molecular complexity index is 1430. The zero-order valence-corrected chi connectivity index (χ0v) is 21.1. The van der Waals surface area contributed by atoms with Gasteiger partial charge in [-0.2, -0.15) is 0 Å². The van der Waals surface area contributed by atoms with Gasteiger partial charge in [0.1, 0.15) is 5.82 Å². The Morgan fingerprint density at radius 1 is 1.03 bits per heavy atom. The van der Waals surface area contributed by atoms with Crippen molar-refractivity contribution < 1.29 is 4.79 Å². The van der Waals surface area contributed by atoms with Crippen molar-refractivity contribution in [3.8, 4) is 5.69 Å². The number of amides is 2. The van der Waals surface area contributed by atoms with E-state index in [1.54, 1.807) is 23.1 Å². The molecule has 4 aromatic rings. The summed E-state index contributed by atoms with van der Waals surface area (Å²) in [6.07, 6.45) is 0.744. The number of benzene rings is 3. The summed E-state index contributed by atoms with van der Waals surface area (Å²) in [5, 5.41) is 4.01. The summed E-state index contributed by atoms with van der Waals surface area (Å²) < 4.78 is 1.53. The first kappa shape index (κ1) is 24.5. The number of hydrogen-bond acceptors (Lipinski definition) is 3. The van der Waals surface area contributed by atoms with E-state index in [-0.39, 0.29) is 11.6 Å². The van der Waals surface area contributed by atoms with Crippen LogP contribution in [0.5, 0.6) is 0 Å². The predicted molar refractivity (Wildman–Crippen MR) is 143 cm³/mol. The van der Waals surface area contributed by atoms with E-state index in [1.165, 1.54) is 4.57 Å². The number of para-hydroxylation sites is 3. The number of aryl methyl sites for hydroxylation is 2. The first-order valence-corrected chi connectivity index (χ1v) is 12.1. The number of nitrogens with zero attached hydrogens (tertiary/aromatic N) is 3. The molecule has 35 heavy (non-hydrogen) atoms. The topological polar surface area (TPSA) is 67.2 Å². The molecular weight excluding hydrogens is 460 g/mol. The second kappa shape index (κ2) is 10.3. The molecule has 0 bridgehead atoms. The van der Waals surface area contributed by atoms with Gasteiger partial charge < -0.3 is 10.2 Å². The number of carbonyl (C=O) groups is 1. The first-order chi connectivity index (χ1) is 16.8. The first-order valence-electron chi connectivity index (χ1n) is 11.7. The monoisotopic (exact) mass is 488 g/mol. The molecule has 0 spiro atoms. The van der Waals surface area contributed by atoms with E-state index in [4.69, 9.17) is 16.6 Å². The molecule has 1 atom stereocenters. The molecule has 1 aromatic heterocycles. The summed E-state index contributed by atoms with van der Waals surface area (Å²) in [6.45, 7) is 8.33. The van der Waals surface area contributed by atoms with Gasteiger partial charge in [0, 0.05) is 12.2 Å². The van der Waals surface area contributed by atoms with Crippen LogP contribution >= 0.6 is 11.6 Å². The van der Waals surface area contributed by atoms with Gasteiger partial charge >= 0.3 is 6.03 Å². The lowest BCUT2D eigenvalue weighted by Gasteiger charge is -2.31. The summed E-state index contributed by atoms with van der Waals surface area (Å²) in [7, 11) is 0. The van der Waals surface area contributed by atoms with Crippen LogP contribution in [-0.2, 0) is 0 Å². The van der Waals surface area contributed by atoms with Crippen molar-refractivity contribution in [3.63, 3.8) is 0 Å². The number of urea groups is 1. The van der Waals surface area contributed by atoms with Gasteiger partial charge in [-0.25, -0.2) is 9.78 Å². The Hall–Kier alpha value is -3.64. The number of halogens is 1. The van der Waals surface area contributed by atoms with Crippen LogP contribution in [0.15, 0.2) is 71.5 Å². The van der Waals surface area contributed by atoms with E-state index in [9.17, 15) is 9.59 Å². The van der Waals surface area contributed by atoms with Gasteiger partial charge in [-0.15, -0.1) is 0 Å². The molecule has 0 radical (unpaired) electrons. The summed E-state index contributed by atoms with van der Waals surface area (Å²) in [6, 6.07) is 19.5. The quantitative estimate of drug-likeness (QED) is 0.330. The second-order valence-corrected chi connectivity index (χ2v) is 9.05. The van der Waals surface area contributed by atoms with Crippen molar-refractivity contribution in [1.82, 2.24) is 14.5 Å². The van der Waals surface area contributed by atoms with E-state index >= 15 is 0 Å². The molecule has 0 saturated carbocycles. The van der Waals surface area contributed by atoms with Crippen molar-refractivity contribution in [2.75, 3.05) is 11.9 Å². The van der Waals surface area contributed by atoms with Crippen molar-refractivity contribution in [1.29, 1.82) is 0 Å². The maximum atomic E-state index is 13.7. The molecule has 4 rings (SSSR count). The zero-order chi connectivity index (χ0) is 25.1. The average Bonchev–Trinajstić information content (AvgIpc) is 2.85. The Balaban J connectivity index is 1.86. The van der Waals surface area contributed by atoms with Crippen LogP contribution in [0.4, 0.5) is 10.5 Å².